The predicted octanol–water partition coefficient (Wildman–Crippen LogP) is 6.72. The third-order valence-electron chi connectivity index (χ3n) is 9.54. The summed E-state index contributed by atoms with van der Waals surface area (Å²) in [4.78, 5) is 2.54. The minimum Gasteiger partial charge on any atom is -0.375 e. The summed E-state index contributed by atoms with van der Waals surface area (Å²) in [5, 5.41) is 12.9. The molecule has 6 heteroatoms. The van der Waals surface area contributed by atoms with Crippen molar-refractivity contribution in [2.75, 3.05) is 37.7 Å². The second-order valence-corrected chi connectivity index (χ2v) is 12.2. The van der Waals surface area contributed by atoms with Crippen molar-refractivity contribution in [2.24, 2.45) is 17.8 Å². The Balaban J connectivity index is 1.04. The van der Waals surface area contributed by atoms with Crippen LogP contribution in [0.4, 0.5) is 10.1 Å². The van der Waals surface area contributed by atoms with Crippen molar-refractivity contribution in [2.45, 2.75) is 70.2 Å². The Bertz CT molecular complexity index is 1220. The van der Waals surface area contributed by atoms with Gasteiger partial charge in [-0.15, -0.1) is 0 Å². The molecule has 3 fully saturated rings. The monoisotopic (exact) mass is 543 g/mol. The van der Waals surface area contributed by atoms with Gasteiger partial charge in [-0.05, 0) is 99.1 Å². The number of nitrogens with zero attached hydrogens (tertiary/aromatic N) is 2. The van der Waals surface area contributed by atoms with Gasteiger partial charge in [-0.3, -0.25) is 0 Å². The number of nitriles is 1. The maximum absolute atomic E-state index is 14.8. The van der Waals surface area contributed by atoms with E-state index in [1.807, 2.05) is 18.2 Å². The Labute approximate surface area is 238 Å². The van der Waals surface area contributed by atoms with Crippen LogP contribution >= 0.6 is 0 Å². The summed E-state index contributed by atoms with van der Waals surface area (Å²) in [7, 11) is 0. The number of allylic oxidation sites excluding steroid dienone is 8. The maximum atomic E-state index is 14.8. The van der Waals surface area contributed by atoms with Crippen molar-refractivity contribution in [3.8, 4) is 6.07 Å². The van der Waals surface area contributed by atoms with Crippen LogP contribution in [0.15, 0.2) is 71.1 Å². The van der Waals surface area contributed by atoms with Crippen molar-refractivity contribution in [1.29, 1.82) is 5.26 Å². The summed E-state index contributed by atoms with van der Waals surface area (Å²) in [6.07, 6.45) is 15.5. The smallest absolute Gasteiger partial charge is 0.127 e. The number of benzene rings is 1. The van der Waals surface area contributed by atoms with E-state index in [0.29, 0.717) is 11.5 Å². The lowest BCUT2D eigenvalue weighted by molar-refractivity contribution is -0.0124. The molecule has 0 bridgehead atoms. The molecule has 5 nitrogen and oxygen atoms in total. The highest BCUT2D eigenvalue weighted by atomic mass is 19.1. The van der Waals surface area contributed by atoms with E-state index in [-0.39, 0.29) is 36.0 Å². The molecule has 6 atom stereocenters. The van der Waals surface area contributed by atoms with Gasteiger partial charge in [-0.1, -0.05) is 24.3 Å². The fraction of sp³-hybridized carbons (Fsp3) is 0.559. The van der Waals surface area contributed by atoms with E-state index in [9.17, 15) is 9.65 Å². The van der Waals surface area contributed by atoms with Crippen LogP contribution in [0.25, 0.3) is 0 Å². The van der Waals surface area contributed by atoms with Crippen LogP contribution in [0, 0.1) is 29.1 Å². The van der Waals surface area contributed by atoms with Gasteiger partial charge >= 0.3 is 0 Å². The lowest BCUT2D eigenvalue weighted by Crippen LogP contribution is -2.33. The predicted molar refractivity (Wildman–Crippen MR) is 156 cm³/mol. The van der Waals surface area contributed by atoms with Gasteiger partial charge in [-0.25, -0.2) is 4.39 Å². The first-order valence-corrected chi connectivity index (χ1v) is 15.3. The number of hydrogen-bond acceptors (Lipinski definition) is 5. The summed E-state index contributed by atoms with van der Waals surface area (Å²) in [6.45, 7) is 6.95. The average Bonchev–Trinajstić information content (AvgIpc) is 3.13. The fourth-order valence-electron chi connectivity index (χ4n) is 7.45. The molecule has 3 unspecified atom stereocenters. The van der Waals surface area contributed by atoms with Crippen LogP contribution in [0.1, 0.15) is 63.5 Å². The maximum Gasteiger partial charge on any atom is 0.127 e. The summed E-state index contributed by atoms with van der Waals surface area (Å²) in [6, 6.07) is 11.3. The minimum absolute atomic E-state index is 0.139. The molecule has 3 aliphatic heterocycles. The van der Waals surface area contributed by atoms with Gasteiger partial charge in [-0.2, -0.15) is 5.26 Å². The molecule has 0 amide bonds. The Morgan fingerprint density at radius 1 is 1.10 bits per heavy atom. The van der Waals surface area contributed by atoms with Crippen LogP contribution < -0.4 is 10.2 Å². The highest BCUT2D eigenvalue weighted by molar-refractivity contribution is 5.58. The molecule has 0 radical (unpaired) electrons. The standard InChI is InChI=1S/C34H42FN3O2/c1-23-19-26(30-11-7-27(21-36)31-12-13-32(35)34(30)31)6-10-29(40-23)20-24-3-2-16-38(17-14-24)28-8-4-25(5-9-28)33-22-37-15-18-39-33/h4-5,7-9,11-13,23-24,26,29,31,33,37H,2-3,6,10,14-20,22H2,1H3/t23-,24?,26?,29-,31?,33+/m1/s1. The molecule has 2 aliphatic carbocycles. The molecule has 3 heterocycles. The van der Waals surface area contributed by atoms with E-state index < -0.39 is 0 Å². The van der Waals surface area contributed by atoms with E-state index >= 15 is 0 Å². The Morgan fingerprint density at radius 3 is 2.77 bits per heavy atom. The van der Waals surface area contributed by atoms with Gasteiger partial charge in [0.25, 0.3) is 0 Å². The molecule has 1 aromatic rings. The molecule has 0 aromatic heterocycles. The molecule has 0 saturated carbocycles. The third kappa shape index (κ3) is 5.98. The van der Waals surface area contributed by atoms with E-state index in [4.69, 9.17) is 9.47 Å². The first-order valence-electron chi connectivity index (χ1n) is 15.3. The second kappa shape index (κ2) is 12.4. The lowest BCUT2D eigenvalue weighted by atomic mass is 9.76. The molecular formula is C34H42FN3O2. The van der Waals surface area contributed by atoms with Crippen molar-refractivity contribution < 1.29 is 13.9 Å². The highest BCUT2D eigenvalue weighted by Crippen LogP contribution is 2.45. The van der Waals surface area contributed by atoms with Gasteiger partial charge in [0.05, 0.1) is 31.0 Å². The van der Waals surface area contributed by atoms with Gasteiger partial charge in [0.1, 0.15) is 5.83 Å². The molecule has 1 N–H and O–H groups in total. The van der Waals surface area contributed by atoms with E-state index in [0.717, 1.165) is 69.6 Å². The zero-order chi connectivity index (χ0) is 27.5. The zero-order valence-corrected chi connectivity index (χ0v) is 23.7. The Morgan fingerprint density at radius 2 is 1.98 bits per heavy atom. The number of nitrogens with one attached hydrogen (secondary N) is 1. The number of rotatable bonds is 5. The van der Waals surface area contributed by atoms with Crippen molar-refractivity contribution in [3.05, 3.63) is 76.7 Å². The molecular weight excluding hydrogens is 501 g/mol. The number of hydrogen-bond donors (Lipinski definition) is 1. The van der Waals surface area contributed by atoms with Crippen LogP contribution in [0.2, 0.25) is 0 Å². The fourth-order valence-corrected chi connectivity index (χ4v) is 7.45. The second-order valence-electron chi connectivity index (χ2n) is 12.2. The normalized spacial score (nSPS) is 33.0. The topological polar surface area (TPSA) is 57.5 Å². The molecule has 3 saturated heterocycles. The number of morpholine rings is 1. The summed E-state index contributed by atoms with van der Waals surface area (Å²) < 4.78 is 27.3. The number of ether oxygens (including phenoxy) is 2. The van der Waals surface area contributed by atoms with Gasteiger partial charge in [0, 0.05) is 48.9 Å². The van der Waals surface area contributed by atoms with Crippen molar-refractivity contribution in [3.63, 3.8) is 0 Å². The van der Waals surface area contributed by atoms with Crippen LogP contribution in [0.5, 0.6) is 0 Å². The first kappa shape index (κ1) is 27.4. The van der Waals surface area contributed by atoms with Crippen molar-refractivity contribution in [1.82, 2.24) is 5.32 Å². The molecule has 6 rings (SSSR count). The third-order valence-corrected chi connectivity index (χ3v) is 9.54. The van der Waals surface area contributed by atoms with E-state index in [1.165, 1.54) is 36.6 Å². The van der Waals surface area contributed by atoms with Crippen LogP contribution in [0.3, 0.4) is 0 Å². The van der Waals surface area contributed by atoms with Crippen LogP contribution in [-0.2, 0) is 9.47 Å². The summed E-state index contributed by atoms with van der Waals surface area (Å²) in [5.74, 6) is 0.534. The minimum atomic E-state index is -0.219. The van der Waals surface area contributed by atoms with Crippen molar-refractivity contribution >= 4 is 5.69 Å². The molecule has 1 aromatic carbocycles. The Kier molecular flexibility index (Phi) is 8.53. The average molecular weight is 544 g/mol. The molecule has 212 valence electrons. The highest BCUT2D eigenvalue weighted by Gasteiger charge is 2.35. The number of halogens is 1. The van der Waals surface area contributed by atoms with Gasteiger partial charge in [0.2, 0.25) is 0 Å². The summed E-state index contributed by atoms with van der Waals surface area (Å²) in [5.41, 5.74) is 4.99. The quantitative estimate of drug-likeness (QED) is 0.447. The summed E-state index contributed by atoms with van der Waals surface area (Å²) >= 11 is 0. The van der Waals surface area contributed by atoms with Gasteiger partial charge in [0.15, 0.2) is 0 Å². The van der Waals surface area contributed by atoms with Gasteiger partial charge < -0.3 is 19.7 Å². The SMILES string of the molecule is C[C@@H]1CC(C2=CC=C(C#N)C3C=CC(F)=C23)CC[C@H](CC2CCCN(c3ccc([C@@H]4CNCCO4)cc3)CC2)O1. The zero-order valence-electron chi connectivity index (χ0n) is 23.7. The lowest BCUT2D eigenvalue weighted by Gasteiger charge is -2.27. The largest absolute Gasteiger partial charge is 0.375 e. The number of anilines is 1. The first-order chi connectivity index (χ1) is 19.6. The van der Waals surface area contributed by atoms with Crippen LogP contribution in [-0.4, -0.2) is 45.0 Å². The molecule has 5 aliphatic rings. The number of fused-ring (bicyclic) bond motifs is 1. The molecule has 40 heavy (non-hydrogen) atoms. The Hall–Kier alpha value is -2.72. The van der Waals surface area contributed by atoms with E-state index in [1.54, 1.807) is 0 Å². The van der Waals surface area contributed by atoms with E-state index in [2.05, 4.69) is 47.5 Å². The molecule has 0 spiro atoms.